The van der Waals surface area contributed by atoms with Crippen LogP contribution in [0.1, 0.15) is 5.56 Å². The number of H-pyrrole nitrogens is 1. The molecule has 1 aromatic carbocycles. The summed E-state index contributed by atoms with van der Waals surface area (Å²) in [5, 5.41) is 6.64. The number of aromatic nitrogens is 2. The highest BCUT2D eigenvalue weighted by atomic mass is 79.9. The molecule has 0 amide bonds. The normalized spacial score (nSPS) is 10.6. The number of hydrogen-bond acceptors (Lipinski definition) is 2. The number of rotatable bonds is 1. The quantitative estimate of drug-likeness (QED) is 0.837. The summed E-state index contributed by atoms with van der Waals surface area (Å²) in [6.07, 6.45) is 0. The van der Waals surface area contributed by atoms with Crippen molar-refractivity contribution in [3.63, 3.8) is 0 Å². The summed E-state index contributed by atoms with van der Waals surface area (Å²) >= 11 is 3.10. The second kappa shape index (κ2) is 3.66. The lowest BCUT2D eigenvalue weighted by Gasteiger charge is -2.01. The van der Waals surface area contributed by atoms with E-state index in [1.165, 1.54) is 6.07 Å². The van der Waals surface area contributed by atoms with E-state index in [2.05, 4.69) is 26.1 Å². The third-order valence-corrected chi connectivity index (χ3v) is 2.90. The van der Waals surface area contributed by atoms with Crippen LogP contribution in [0.4, 0.5) is 10.2 Å². The lowest BCUT2D eigenvalue weighted by Crippen LogP contribution is -1.87. The molecule has 5 heteroatoms. The highest BCUT2D eigenvalue weighted by molar-refractivity contribution is 9.10. The van der Waals surface area contributed by atoms with E-state index in [1.807, 2.05) is 6.92 Å². The van der Waals surface area contributed by atoms with Crippen LogP contribution in [0.3, 0.4) is 0 Å². The van der Waals surface area contributed by atoms with Gasteiger partial charge in [0.15, 0.2) is 0 Å². The largest absolute Gasteiger partial charge is 0.382 e. The summed E-state index contributed by atoms with van der Waals surface area (Å²) in [7, 11) is 0. The lowest BCUT2D eigenvalue weighted by atomic mass is 10.1. The fourth-order valence-corrected chi connectivity index (χ4v) is 1.59. The molecule has 3 nitrogen and oxygen atoms in total. The van der Waals surface area contributed by atoms with Crippen LogP contribution in [-0.4, -0.2) is 10.2 Å². The van der Waals surface area contributed by atoms with Crippen LogP contribution in [0.15, 0.2) is 22.7 Å². The zero-order valence-electron chi connectivity index (χ0n) is 8.01. The Hall–Kier alpha value is -1.36. The molecule has 0 saturated heterocycles. The number of aromatic amines is 1. The van der Waals surface area contributed by atoms with E-state index in [1.54, 1.807) is 12.1 Å². The molecule has 0 saturated carbocycles. The van der Waals surface area contributed by atoms with Gasteiger partial charge in [-0.15, -0.1) is 0 Å². The predicted octanol–water partition coefficient (Wildman–Crippen LogP) is 2.87. The first-order valence-corrected chi connectivity index (χ1v) is 5.14. The molecule has 0 unspecified atom stereocenters. The van der Waals surface area contributed by atoms with Gasteiger partial charge in [-0.1, -0.05) is 6.07 Å². The predicted molar refractivity (Wildman–Crippen MR) is 60.8 cm³/mol. The van der Waals surface area contributed by atoms with Crippen molar-refractivity contribution in [1.29, 1.82) is 0 Å². The molecule has 0 aliphatic heterocycles. The van der Waals surface area contributed by atoms with E-state index in [9.17, 15) is 4.39 Å². The van der Waals surface area contributed by atoms with Crippen molar-refractivity contribution in [2.45, 2.75) is 6.92 Å². The number of nitrogens with two attached hydrogens (primary N) is 1. The summed E-state index contributed by atoms with van der Waals surface area (Å²) in [6.45, 7) is 1.84. The van der Waals surface area contributed by atoms with Crippen LogP contribution in [0.2, 0.25) is 0 Å². The highest BCUT2D eigenvalue weighted by Gasteiger charge is 2.09. The standard InChI is InChI=1S/C10H9BrFN3/c1-5-9(14-15-10(5)13)6-2-3-7(11)8(12)4-6/h2-4H,1H3,(H3,13,14,15). The Bertz CT molecular complexity index is 507. The van der Waals surface area contributed by atoms with E-state index in [0.717, 1.165) is 16.8 Å². The summed E-state index contributed by atoms with van der Waals surface area (Å²) in [4.78, 5) is 0. The van der Waals surface area contributed by atoms with Crippen molar-refractivity contribution in [3.8, 4) is 11.3 Å². The smallest absolute Gasteiger partial charge is 0.148 e. The number of nitrogens with one attached hydrogen (secondary N) is 1. The number of halogens is 2. The summed E-state index contributed by atoms with van der Waals surface area (Å²) in [5.41, 5.74) is 7.91. The first-order valence-electron chi connectivity index (χ1n) is 4.35. The Labute approximate surface area is 94.6 Å². The molecule has 0 spiro atoms. The van der Waals surface area contributed by atoms with Crippen LogP contribution in [0, 0.1) is 12.7 Å². The van der Waals surface area contributed by atoms with Crippen molar-refractivity contribution < 1.29 is 4.39 Å². The van der Waals surface area contributed by atoms with E-state index in [4.69, 9.17) is 5.73 Å². The van der Waals surface area contributed by atoms with Gasteiger partial charge in [0.2, 0.25) is 0 Å². The molecule has 2 rings (SSSR count). The van der Waals surface area contributed by atoms with Crippen LogP contribution < -0.4 is 5.73 Å². The molecule has 0 radical (unpaired) electrons. The molecule has 0 bridgehead atoms. The second-order valence-electron chi connectivity index (χ2n) is 3.24. The molecule has 15 heavy (non-hydrogen) atoms. The van der Waals surface area contributed by atoms with Crippen molar-refractivity contribution in [2.24, 2.45) is 0 Å². The molecule has 0 aliphatic carbocycles. The number of anilines is 1. The van der Waals surface area contributed by atoms with Gasteiger partial charge < -0.3 is 5.73 Å². The van der Waals surface area contributed by atoms with Crippen molar-refractivity contribution in [1.82, 2.24) is 10.2 Å². The Morgan fingerprint density at radius 1 is 1.47 bits per heavy atom. The summed E-state index contributed by atoms with van der Waals surface area (Å²) in [5.74, 6) is 0.133. The Morgan fingerprint density at radius 3 is 2.73 bits per heavy atom. The van der Waals surface area contributed by atoms with E-state index >= 15 is 0 Å². The van der Waals surface area contributed by atoms with E-state index < -0.39 is 0 Å². The number of benzene rings is 1. The zero-order chi connectivity index (χ0) is 11.0. The Kier molecular flexibility index (Phi) is 2.48. The molecule has 0 aliphatic rings. The monoisotopic (exact) mass is 269 g/mol. The Morgan fingerprint density at radius 2 is 2.20 bits per heavy atom. The minimum Gasteiger partial charge on any atom is -0.382 e. The van der Waals surface area contributed by atoms with Crippen molar-refractivity contribution in [3.05, 3.63) is 34.1 Å². The van der Waals surface area contributed by atoms with E-state index in [-0.39, 0.29) is 5.82 Å². The van der Waals surface area contributed by atoms with Gasteiger partial charge in [0.1, 0.15) is 11.6 Å². The van der Waals surface area contributed by atoms with Crippen molar-refractivity contribution in [2.75, 3.05) is 5.73 Å². The van der Waals surface area contributed by atoms with Gasteiger partial charge in [-0.2, -0.15) is 5.10 Å². The first kappa shape index (κ1) is 10.2. The molecular formula is C10H9BrFN3. The minimum atomic E-state index is -0.305. The van der Waals surface area contributed by atoms with Gasteiger partial charge >= 0.3 is 0 Å². The lowest BCUT2D eigenvalue weighted by molar-refractivity contribution is 0.621. The van der Waals surface area contributed by atoms with Gasteiger partial charge in [0.25, 0.3) is 0 Å². The maximum Gasteiger partial charge on any atom is 0.148 e. The zero-order valence-corrected chi connectivity index (χ0v) is 9.60. The molecule has 0 atom stereocenters. The van der Waals surface area contributed by atoms with Gasteiger partial charge in [-0.3, -0.25) is 5.10 Å². The Balaban J connectivity index is 2.55. The molecular weight excluding hydrogens is 261 g/mol. The third kappa shape index (κ3) is 1.74. The minimum absolute atomic E-state index is 0.305. The van der Waals surface area contributed by atoms with Gasteiger partial charge in [0.05, 0.1) is 10.2 Å². The average molecular weight is 270 g/mol. The summed E-state index contributed by atoms with van der Waals surface area (Å²) in [6, 6.07) is 4.89. The number of hydrogen-bond donors (Lipinski definition) is 2. The number of nitrogen functional groups attached to an aromatic ring is 1. The average Bonchev–Trinajstić information content (AvgIpc) is 2.53. The molecule has 1 heterocycles. The molecule has 2 aromatic rings. The van der Waals surface area contributed by atoms with Crippen LogP contribution in [-0.2, 0) is 0 Å². The molecule has 1 aromatic heterocycles. The fraction of sp³-hybridized carbons (Fsp3) is 0.100. The summed E-state index contributed by atoms with van der Waals surface area (Å²) < 4.78 is 13.7. The van der Waals surface area contributed by atoms with E-state index in [0.29, 0.717) is 10.3 Å². The topological polar surface area (TPSA) is 54.7 Å². The maximum absolute atomic E-state index is 13.3. The fourth-order valence-electron chi connectivity index (χ4n) is 1.34. The van der Waals surface area contributed by atoms with Crippen LogP contribution >= 0.6 is 15.9 Å². The molecule has 3 N–H and O–H groups in total. The van der Waals surface area contributed by atoms with Gasteiger partial charge in [0, 0.05) is 11.1 Å². The van der Waals surface area contributed by atoms with Crippen LogP contribution in [0.5, 0.6) is 0 Å². The SMILES string of the molecule is Cc1c(N)n[nH]c1-c1ccc(Br)c(F)c1. The maximum atomic E-state index is 13.3. The van der Waals surface area contributed by atoms with Gasteiger partial charge in [-0.05, 0) is 35.0 Å². The number of nitrogens with zero attached hydrogens (tertiary/aromatic N) is 1. The first-order chi connectivity index (χ1) is 7.09. The van der Waals surface area contributed by atoms with Crippen LogP contribution in [0.25, 0.3) is 11.3 Å². The second-order valence-corrected chi connectivity index (χ2v) is 4.09. The van der Waals surface area contributed by atoms with Gasteiger partial charge in [-0.25, -0.2) is 4.39 Å². The molecule has 78 valence electrons. The third-order valence-electron chi connectivity index (χ3n) is 2.26. The highest BCUT2D eigenvalue weighted by Crippen LogP contribution is 2.27. The molecule has 0 fully saturated rings. The van der Waals surface area contributed by atoms with Crippen molar-refractivity contribution >= 4 is 21.7 Å².